The van der Waals surface area contributed by atoms with Gasteiger partial charge >= 0.3 is 0 Å². The number of hydrogen-bond donors (Lipinski definition) is 1. The normalized spacial score (nSPS) is 17.9. The van der Waals surface area contributed by atoms with Crippen molar-refractivity contribution in [2.45, 2.75) is 25.7 Å². The molecule has 2 aliphatic rings. The van der Waals surface area contributed by atoms with Crippen LogP contribution in [-0.4, -0.2) is 13.1 Å². The van der Waals surface area contributed by atoms with Gasteiger partial charge in [-0.2, -0.15) is 0 Å². The highest BCUT2D eigenvalue weighted by molar-refractivity contribution is 5.73. The van der Waals surface area contributed by atoms with Gasteiger partial charge in [-0.3, -0.25) is 0 Å². The van der Waals surface area contributed by atoms with E-state index in [1.54, 1.807) is 11.1 Å². The van der Waals surface area contributed by atoms with E-state index < -0.39 is 0 Å². The number of fused-ring (bicyclic) bond motifs is 3. The van der Waals surface area contributed by atoms with Crippen LogP contribution in [0.15, 0.2) is 59.7 Å². The van der Waals surface area contributed by atoms with Crippen LogP contribution in [0.3, 0.4) is 0 Å². The van der Waals surface area contributed by atoms with Crippen molar-refractivity contribution in [2.75, 3.05) is 13.1 Å². The Morgan fingerprint density at radius 2 is 1.14 bits per heavy atom. The summed E-state index contributed by atoms with van der Waals surface area (Å²) in [5.41, 5.74) is 9.19. The average Bonchev–Trinajstić information content (AvgIpc) is 2.72. The Hall–Kier alpha value is -1.86. The molecular weight excluding hydrogens is 254 g/mol. The van der Waals surface area contributed by atoms with Crippen LogP contribution in [0.25, 0.3) is 11.1 Å². The summed E-state index contributed by atoms with van der Waals surface area (Å²) in [6.07, 6.45) is 4.69. The van der Waals surface area contributed by atoms with Gasteiger partial charge in [0, 0.05) is 0 Å². The molecule has 0 spiro atoms. The first-order valence-electron chi connectivity index (χ1n) is 7.98. The second kappa shape index (κ2) is 5.50. The van der Waals surface area contributed by atoms with E-state index in [2.05, 4.69) is 53.8 Å². The van der Waals surface area contributed by atoms with Crippen LogP contribution >= 0.6 is 0 Å². The molecule has 1 N–H and O–H groups in total. The lowest BCUT2D eigenvalue weighted by atomic mass is 9.91. The first-order chi connectivity index (χ1) is 10.4. The summed E-state index contributed by atoms with van der Waals surface area (Å²) in [7, 11) is 0. The average molecular weight is 275 g/mol. The van der Waals surface area contributed by atoms with E-state index in [1.165, 1.54) is 35.1 Å². The van der Waals surface area contributed by atoms with Crippen molar-refractivity contribution in [1.82, 2.24) is 5.32 Å². The van der Waals surface area contributed by atoms with Crippen molar-refractivity contribution in [3.05, 3.63) is 70.8 Å². The number of nitrogens with one attached hydrogen (secondary N) is 1. The maximum Gasteiger partial charge on any atom is -0.00114 e. The Kier molecular flexibility index (Phi) is 3.36. The van der Waals surface area contributed by atoms with Gasteiger partial charge < -0.3 is 5.32 Å². The first-order valence-corrected chi connectivity index (χ1v) is 7.98. The zero-order valence-corrected chi connectivity index (χ0v) is 12.4. The second-order valence-corrected chi connectivity index (χ2v) is 6.12. The number of allylic oxidation sites excluding steroid dienone is 1. The minimum Gasteiger partial charge on any atom is -0.316 e. The predicted octanol–water partition coefficient (Wildman–Crippen LogP) is 4.13. The second-order valence-electron chi connectivity index (χ2n) is 6.12. The van der Waals surface area contributed by atoms with E-state index in [1.807, 2.05) is 0 Å². The first kappa shape index (κ1) is 12.8. The Bertz CT molecular complexity index is 639. The summed E-state index contributed by atoms with van der Waals surface area (Å²) in [5, 5.41) is 3.47. The number of piperidine rings is 1. The maximum absolute atomic E-state index is 3.47. The van der Waals surface area contributed by atoms with Gasteiger partial charge in [0.05, 0.1) is 0 Å². The largest absolute Gasteiger partial charge is 0.316 e. The van der Waals surface area contributed by atoms with Crippen molar-refractivity contribution >= 4 is 0 Å². The molecular formula is C20H21N. The molecule has 0 radical (unpaired) electrons. The molecule has 1 heteroatoms. The van der Waals surface area contributed by atoms with E-state index in [4.69, 9.17) is 0 Å². The fourth-order valence-corrected chi connectivity index (χ4v) is 3.73. The topological polar surface area (TPSA) is 12.0 Å². The predicted molar refractivity (Wildman–Crippen MR) is 88.4 cm³/mol. The highest BCUT2D eigenvalue weighted by Crippen LogP contribution is 2.35. The van der Waals surface area contributed by atoms with Crippen molar-refractivity contribution in [3.63, 3.8) is 0 Å². The molecule has 21 heavy (non-hydrogen) atoms. The highest BCUT2D eigenvalue weighted by Gasteiger charge is 2.19. The number of rotatable bonds is 0. The van der Waals surface area contributed by atoms with Gasteiger partial charge in [-0.15, -0.1) is 0 Å². The lowest BCUT2D eigenvalue weighted by Crippen LogP contribution is -2.24. The third-order valence-electron chi connectivity index (χ3n) is 4.84. The Labute approximate surface area is 126 Å². The summed E-state index contributed by atoms with van der Waals surface area (Å²) in [6.45, 7) is 2.28. The Morgan fingerprint density at radius 3 is 1.71 bits per heavy atom. The minimum absolute atomic E-state index is 1.13. The zero-order valence-electron chi connectivity index (χ0n) is 12.4. The molecule has 1 aliphatic carbocycles. The van der Waals surface area contributed by atoms with Gasteiger partial charge in [0.15, 0.2) is 0 Å². The van der Waals surface area contributed by atoms with Crippen LogP contribution in [0.4, 0.5) is 0 Å². The van der Waals surface area contributed by atoms with E-state index in [0.717, 1.165) is 25.9 Å². The van der Waals surface area contributed by atoms with Crippen LogP contribution in [0.2, 0.25) is 0 Å². The SMILES string of the molecule is c1ccc2c(c1)CC(=C1CCNCC1)Cc1ccccc1-2. The molecule has 1 heterocycles. The smallest absolute Gasteiger partial charge is 0.00114 e. The summed E-state index contributed by atoms with van der Waals surface area (Å²) in [4.78, 5) is 0. The van der Waals surface area contributed by atoms with Crippen molar-refractivity contribution in [1.29, 1.82) is 0 Å². The highest BCUT2D eigenvalue weighted by atomic mass is 14.9. The maximum atomic E-state index is 3.47. The van der Waals surface area contributed by atoms with Crippen molar-refractivity contribution in [2.24, 2.45) is 0 Å². The molecule has 2 aromatic rings. The standard InChI is InChI=1S/C20H21N/c1-3-7-19-16(5-1)13-18(15-9-11-21-12-10-15)14-17-6-2-4-8-20(17)19/h1-8,21H,9-14H2. The fourth-order valence-electron chi connectivity index (χ4n) is 3.73. The molecule has 106 valence electrons. The van der Waals surface area contributed by atoms with Crippen LogP contribution < -0.4 is 5.32 Å². The molecule has 0 aromatic heterocycles. The molecule has 0 saturated carbocycles. The quantitative estimate of drug-likeness (QED) is 0.713. The third-order valence-corrected chi connectivity index (χ3v) is 4.84. The van der Waals surface area contributed by atoms with Gasteiger partial charge in [0.2, 0.25) is 0 Å². The van der Waals surface area contributed by atoms with Crippen LogP contribution in [-0.2, 0) is 12.8 Å². The Morgan fingerprint density at radius 1 is 0.619 bits per heavy atom. The van der Waals surface area contributed by atoms with Crippen molar-refractivity contribution < 1.29 is 0 Å². The van der Waals surface area contributed by atoms with Crippen LogP contribution in [0, 0.1) is 0 Å². The van der Waals surface area contributed by atoms with E-state index in [-0.39, 0.29) is 0 Å². The molecule has 1 aliphatic heterocycles. The van der Waals surface area contributed by atoms with Gasteiger partial charge in [0.1, 0.15) is 0 Å². The Balaban J connectivity index is 1.87. The summed E-state index contributed by atoms with van der Waals surface area (Å²) in [5.74, 6) is 0. The molecule has 4 rings (SSSR count). The van der Waals surface area contributed by atoms with Crippen molar-refractivity contribution in [3.8, 4) is 11.1 Å². The van der Waals surface area contributed by atoms with Gasteiger partial charge in [-0.05, 0) is 61.0 Å². The molecule has 0 bridgehead atoms. The lowest BCUT2D eigenvalue weighted by molar-refractivity contribution is 0.600. The van der Waals surface area contributed by atoms with E-state index >= 15 is 0 Å². The third kappa shape index (κ3) is 2.43. The van der Waals surface area contributed by atoms with Gasteiger partial charge in [0.25, 0.3) is 0 Å². The summed E-state index contributed by atoms with van der Waals surface area (Å²) in [6, 6.07) is 17.9. The van der Waals surface area contributed by atoms with E-state index in [0.29, 0.717) is 0 Å². The molecule has 1 fully saturated rings. The fraction of sp³-hybridized carbons (Fsp3) is 0.300. The molecule has 2 aromatic carbocycles. The number of hydrogen-bond acceptors (Lipinski definition) is 1. The number of benzene rings is 2. The molecule has 1 nitrogen and oxygen atoms in total. The van der Waals surface area contributed by atoms with Gasteiger partial charge in [-0.25, -0.2) is 0 Å². The molecule has 0 amide bonds. The van der Waals surface area contributed by atoms with E-state index in [9.17, 15) is 0 Å². The zero-order chi connectivity index (χ0) is 14.1. The summed E-state index contributed by atoms with van der Waals surface area (Å²) >= 11 is 0. The molecule has 0 atom stereocenters. The minimum atomic E-state index is 1.13. The van der Waals surface area contributed by atoms with Crippen LogP contribution in [0.5, 0.6) is 0 Å². The van der Waals surface area contributed by atoms with Gasteiger partial charge in [-0.1, -0.05) is 59.7 Å². The molecule has 0 unspecified atom stereocenters. The lowest BCUT2D eigenvalue weighted by Gasteiger charge is -2.20. The molecule has 1 saturated heterocycles. The monoisotopic (exact) mass is 275 g/mol. The summed E-state index contributed by atoms with van der Waals surface area (Å²) < 4.78 is 0. The van der Waals surface area contributed by atoms with Crippen LogP contribution in [0.1, 0.15) is 24.0 Å².